The number of methoxy groups -OCH3 is 1. The zero-order valence-corrected chi connectivity index (χ0v) is 17.0. The van der Waals surface area contributed by atoms with Crippen LogP contribution in [0, 0.1) is 0 Å². The van der Waals surface area contributed by atoms with Crippen molar-refractivity contribution in [2.24, 2.45) is 0 Å². The van der Waals surface area contributed by atoms with Gasteiger partial charge in [0.1, 0.15) is 11.5 Å². The topological polar surface area (TPSA) is 63.7 Å². The van der Waals surface area contributed by atoms with Crippen LogP contribution in [0.2, 0.25) is 5.02 Å². The molecule has 7 heteroatoms. The SMILES string of the molecule is CCOc1cc(CN2CCC(NC(=O)c3cncc(OC)c3)CC2)ccc1Cl. The summed E-state index contributed by atoms with van der Waals surface area (Å²) in [5.74, 6) is 1.21. The van der Waals surface area contributed by atoms with Crippen LogP contribution in [0.15, 0.2) is 36.7 Å². The fraction of sp³-hybridized carbons (Fsp3) is 0.429. The van der Waals surface area contributed by atoms with E-state index in [0.29, 0.717) is 22.9 Å². The Kier molecular flexibility index (Phi) is 7.12. The van der Waals surface area contributed by atoms with E-state index in [2.05, 4.69) is 15.2 Å². The first kappa shape index (κ1) is 20.4. The Hall–Kier alpha value is -2.31. The van der Waals surface area contributed by atoms with Gasteiger partial charge >= 0.3 is 0 Å². The summed E-state index contributed by atoms with van der Waals surface area (Å²) < 4.78 is 10.7. The van der Waals surface area contributed by atoms with E-state index in [0.717, 1.165) is 38.2 Å². The average molecular weight is 404 g/mol. The fourth-order valence-electron chi connectivity index (χ4n) is 3.33. The monoisotopic (exact) mass is 403 g/mol. The van der Waals surface area contributed by atoms with E-state index >= 15 is 0 Å². The van der Waals surface area contributed by atoms with Crippen molar-refractivity contribution in [3.05, 3.63) is 52.8 Å². The maximum atomic E-state index is 12.4. The number of nitrogens with one attached hydrogen (secondary N) is 1. The normalized spacial score (nSPS) is 15.2. The molecule has 1 aliphatic rings. The highest BCUT2D eigenvalue weighted by molar-refractivity contribution is 6.32. The molecule has 0 atom stereocenters. The highest BCUT2D eigenvalue weighted by atomic mass is 35.5. The van der Waals surface area contributed by atoms with E-state index in [1.165, 1.54) is 5.56 Å². The molecule has 1 aromatic carbocycles. The standard InChI is InChI=1S/C21H26ClN3O3/c1-3-28-20-10-15(4-5-19(20)22)14-25-8-6-17(7-9-25)24-21(26)16-11-18(27-2)13-23-12-16/h4-5,10-13,17H,3,6-9,14H2,1-2H3,(H,24,26). The van der Waals surface area contributed by atoms with Gasteiger partial charge in [-0.3, -0.25) is 14.7 Å². The van der Waals surface area contributed by atoms with Gasteiger partial charge in [-0.15, -0.1) is 0 Å². The number of benzene rings is 1. The zero-order chi connectivity index (χ0) is 19.9. The lowest BCUT2D eigenvalue weighted by atomic mass is 10.0. The molecule has 1 aromatic heterocycles. The molecule has 2 heterocycles. The molecular formula is C21H26ClN3O3. The number of carbonyl (C=O) groups excluding carboxylic acids is 1. The van der Waals surface area contributed by atoms with Crippen LogP contribution < -0.4 is 14.8 Å². The predicted octanol–water partition coefficient (Wildman–Crippen LogP) is 3.54. The van der Waals surface area contributed by atoms with E-state index in [4.69, 9.17) is 21.1 Å². The lowest BCUT2D eigenvalue weighted by molar-refractivity contribution is 0.0908. The Bertz CT molecular complexity index is 807. The number of carbonyl (C=O) groups is 1. The first-order valence-corrected chi connectivity index (χ1v) is 9.90. The third kappa shape index (κ3) is 5.36. The molecule has 0 saturated carbocycles. The molecule has 1 amide bonds. The summed E-state index contributed by atoms with van der Waals surface area (Å²) >= 11 is 6.16. The van der Waals surface area contributed by atoms with E-state index in [1.807, 2.05) is 25.1 Å². The molecule has 0 unspecified atom stereocenters. The van der Waals surface area contributed by atoms with Crippen molar-refractivity contribution < 1.29 is 14.3 Å². The van der Waals surface area contributed by atoms with Crippen LogP contribution in [-0.4, -0.2) is 48.6 Å². The van der Waals surface area contributed by atoms with Crippen LogP contribution >= 0.6 is 11.6 Å². The average Bonchev–Trinajstić information content (AvgIpc) is 2.72. The smallest absolute Gasteiger partial charge is 0.253 e. The molecule has 28 heavy (non-hydrogen) atoms. The van der Waals surface area contributed by atoms with Crippen molar-refractivity contribution in [2.75, 3.05) is 26.8 Å². The van der Waals surface area contributed by atoms with E-state index in [9.17, 15) is 4.79 Å². The van der Waals surface area contributed by atoms with Crippen LogP contribution in [0.3, 0.4) is 0 Å². The molecule has 1 fully saturated rings. The van der Waals surface area contributed by atoms with Crippen molar-refractivity contribution in [1.82, 2.24) is 15.2 Å². The second kappa shape index (κ2) is 9.75. The summed E-state index contributed by atoms with van der Waals surface area (Å²) in [4.78, 5) is 18.9. The number of likely N-dealkylation sites (tertiary alicyclic amines) is 1. The minimum Gasteiger partial charge on any atom is -0.495 e. The number of piperidine rings is 1. The van der Waals surface area contributed by atoms with Crippen LogP contribution in [0.25, 0.3) is 0 Å². The third-order valence-corrected chi connectivity index (χ3v) is 5.15. The first-order valence-electron chi connectivity index (χ1n) is 9.52. The summed E-state index contributed by atoms with van der Waals surface area (Å²) in [5.41, 5.74) is 1.70. The molecule has 1 N–H and O–H groups in total. The molecule has 150 valence electrons. The van der Waals surface area contributed by atoms with Gasteiger partial charge in [0, 0.05) is 31.9 Å². The van der Waals surface area contributed by atoms with Crippen molar-refractivity contribution in [3.8, 4) is 11.5 Å². The Labute approximate surface area is 170 Å². The number of hydrogen-bond acceptors (Lipinski definition) is 5. The first-order chi connectivity index (χ1) is 13.6. The molecule has 2 aromatic rings. The molecule has 0 radical (unpaired) electrons. The molecule has 0 spiro atoms. The molecule has 1 aliphatic heterocycles. The number of rotatable bonds is 7. The van der Waals surface area contributed by atoms with Gasteiger partial charge in [0.25, 0.3) is 5.91 Å². The number of halogens is 1. The quantitative estimate of drug-likeness (QED) is 0.766. The van der Waals surface area contributed by atoms with Crippen LogP contribution in [0.5, 0.6) is 11.5 Å². The van der Waals surface area contributed by atoms with Crippen molar-refractivity contribution >= 4 is 17.5 Å². The Morgan fingerprint density at radius 1 is 1.29 bits per heavy atom. The number of hydrogen-bond donors (Lipinski definition) is 1. The molecule has 1 saturated heterocycles. The van der Waals surface area contributed by atoms with Gasteiger partial charge in [-0.1, -0.05) is 17.7 Å². The number of amides is 1. The van der Waals surface area contributed by atoms with Gasteiger partial charge in [0.2, 0.25) is 0 Å². The molecule has 0 aliphatic carbocycles. The number of pyridine rings is 1. The van der Waals surface area contributed by atoms with E-state index in [-0.39, 0.29) is 11.9 Å². The predicted molar refractivity (Wildman–Crippen MR) is 109 cm³/mol. The number of nitrogens with zero attached hydrogens (tertiary/aromatic N) is 2. The van der Waals surface area contributed by atoms with Gasteiger partial charge in [-0.05, 0) is 43.5 Å². The van der Waals surface area contributed by atoms with E-state index in [1.54, 1.807) is 25.6 Å². The maximum Gasteiger partial charge on any atom is 0.253 e. The van der Waals surface area contributed by atoms with Crippen molar-refractivity contribution in [3.63, 3.8) is 0 Å². The highest BCUT2D eigenvalue weighted by Gasteiger charge is 2.21. The fourth-order valence-corrected chi connectivity index (χ4v) is 3.50. The molecular weight excluding hydrogens is 378 g/mol. The maximum absolute atomic E-state index is 12.4. The summed E-state index contributed by atoms with van der Waals surface area (Å²) in [5, 5.41) is 3.74. The van der Waals surface area contributed by atoms with Crippen LogP contribution in [0.1, 0.15) is 35.7 Å². The van der Waals surface area contributed by atoms with Gasteiger partial charge < -0.3 is 14.8 Å². The third-order valence-electron chi connectivity index (χ3n) is 4.84. The van der Waals surface area contributed by atoms with Crippen molar-refractivity contribution in [2.45, 2.75) is 32.4 Å². The number of aromatic nitrogens is 1. The Morgan fingerprint density at radius 3 is 2.79 bits per heavy atom. The van der Waals surface area contributed by atoms with Gasteiger partial charge in [-0.25, -0.2) is 0 Å². The summed E-state index contributed by atoms with van der Waals surface area (Å²) in [7, 11) is 1.56. The van der Waals surface area contributed by atoms with Gasteiger partial charge in [0.05, 0.1) is 30.5 Å². The molecule has 3 rings (SSSR count). The lowest BCUT2D eigenvalue weighted by Crippen LogP contribution is -2.44. The second-order valence-electron chi connectivity index (χ2n) is 6.84. The Morgan fingerprint density at radius 2 is 2.07 bits per heavy atom. The second-order valence-corrected chi connectivity index (χ2v) is 7.24. The largest absolute Gasteiger partial charge is 0.495 e. The minimum absolute atomic E-state index is 0.107. The highest BCUT2D eigenvalue weighted by Crippen LogP contribution is 2.26. The Balaban J connectivity index is 1.50. The zero-order valence-electron chi connectivity index (χ0n) is 16.3. The molecule has 0 bridgehead atoms. The lowest BCUT2D eigenvalue weighted by Gasteiger charge is -2.32. The van der Waals surface area contributed by atoms with Gasteiger partial charge in [0.15, 0.2) is 0 Å². The van der Waals surface area contributed by atoms with Crippen LogP contribution in [0.4, 0.5) is 0 Å². The van der Waals surface area contributed by atoms with E-state index < -0.39 is 0 Å². The summed E-state index contributed by atoms with van der Waals surface area (Å²) in [6, 6.07) is 7.80. The van der Waals surface area contributed by atoms with Crippen molar-refractivity contribution in [1.29, 1.82) is 0 Å². The minimum atomic E-state index is -0.107. The summed E-state index contributed by atoms with van der Waals surface area (Å²) in [6.45, 7) is 5.24. The number of ether oxygens (including phenoxy) is 2. The summed E-state index contributed by atoms with van der Waals surface area (Å²) in [6.07, 6.45) is 4.97. The molecule has 6 nitrogen and oxygen atoms in total. The van der Waals surface area contributed by atoms with Crippen LogP contribution in [-0.2, 0) is 6.54 Å². The van der Waals surface area contributed by atoms with Gasteiger partial charge in [-0.2, -0.15) is 0 Å².